The number of carbonyl (C=O) groups is 1. The van der Waals surface area contributed by atoms with Crippen molar-refractivity contribution in [3.63, 3.8) is 0 Å². The first-order chi connectivity index (χ1) is 12.7. The third kappa shape index (κ3) is 4.10. The average Bonchev–Trinajstić information content (AvgIpc) is 2.61. The highest BCUT2D eigenvalue weighted by Crippen LogP contribution is 2.38. The Morgan fingerprint density at radius 1 is 1.26 bits per heavy atom. The first-order valence-electron chi connectivity index (χ1n) is 8.36. The van der Waals surface area contributed by atoms with Crippen LogP contribution in [-0.2, 0) is 14.8 Å². The summed E-state index contributed by atoms with van der Waals surface area (Å²) >= 11 is 1.54. The number of carbonyl (C=O) groups excluding carboxylic acids is 1. The molecule has 2 heterocycles. The van der Waals surface area contributed by atoms with Gasteiger partial charge in [-0.2, -0.15) is 16.1 Å². The molecule has 1 aromatic carbocycles. The number of ether oxygens (including phenoxy) is 1. The molecule has 1 aliphatic rings. The van der Waals surface area contributed by atoms with Crippen molar-refractivity contribution < 1.29 is 17.9 Å². The van der Waals surface area contributed by atoms with Gasteiger partial charge in [-0.05, 0) is 44.2 Å². The molecule has 0 bridgehead atoms. The molecule has 2 N–H and O–H groups in total. The van der Waals surface area contributed by atoms with E-state index in [9.17, 15) is 13.2 Å². The Morgan fingerprint density at radius 3 is 2.56 bits per heavy atom. The van der Waals surface area contributed by atoms with Crippen molar-refractivity contribution >= 4 is 27.7 Å². The molecule has 1 aliphatic heterocycles. The Morgan fingerprint density at radius 2 is 1.96 bits per heavy atom. The minimum absolute atomic E-state index is 0.0878. The lowest BCUT2D eigenvalue weighted by atomic mass is 10.0. The topological polar surface area (TPSA) is 103 Å². The molecule has 9 heteroatoms. The molecule has 144 valence electrons. The van der Waals surface area contributed by atoms with E-state index in [0.717, 1.165) is 0 Å². The second-order valence-corrected chi connectivity index (χ2v) is 10.3. The smallest absolute Gasteiger partial charge is 0.243 e. The average molecular weight is 408 g/mol. The molecule has 1 atom stereocenters. The highest BCUT2D eigenvalue weighted by Gasteiger charge is 2.47. The van der Waals surface area contributed by atoms with Crippen LogP contribution in [-0.4, -0.2) is 46.7 Å². The molecule has 1 saturated heterocycles. The van der Waals surface area contributed by atoms with Crippen LogP contribution in [0.25, 0.3) is 0 Å². The molecule has 0 spiro atoms. The number of benzene rings is 1. The standard InChI is InChI=1S/C18H21N3O4S2/c1-18(2)16(17(19)22)21(11-12-26-18)27(23,24)14-8-6-13(7-9-14)25-15-5-3-4-10-20-15/h3-10,16H,11-12H2,1-2H3,(H2,19,22)/t16-/m0/s1. The fraction of sp³-hybridized carbons (Fsp3) is 0.333. The highest BCUT2D eigenvalue weighted by molar-refractivity contribution is 8.00. The van der Waals surface area contributed by atoms with Crippen LogP contribution < -0.4 is 10.5 Å². The summed E-state index contributed by atoms with van der Waals surface area (Å²) < 4.78 is 32.4. The van der Waals surface area contributed by atoms with Crippen LogP contribution >= 0.6 is 11.8 Å². The van der Waals surface area contributed by atoms with E-state index in [4.69, 9.17) is 10.5 Å². The maximum Gasteiger partial charge on any atom is 0.243 e. The van der Waals surface area contributed by atoms with E-state index >= 15 is 0 Å². The van der Waals surface area contributed by atoms with Crippen LogP contribution in [0.1, 0.15) is 13.8 Å². The number of rotatable bonds is 5. The molecule has 7 nitrogen and oxygen atoms in total. The van der Waals surface area contributed by atoms with Crippen LogP contribution in [0, 0.1) is 0 Å². The fourth-order valence-corrected chi connectivity index (χ4v) is 6.17. The predicted octanol–water partition coefficient (Wildman–Crippen LogP) is 2.24. The van der Waals surface area contributed by atoms with Gasteiger partial charge < -0.3 is 10.5 Å². The molecule has 27 heavy (non-hydrogen) atoms. The summed E-state index contributed by atoms with van der Waals surface area (Å²) in [6.45, 7) is 3.90. The minimum atomic E-state index is -3.87. The van der Waals surface area contributed by atoms with E-state index in [-0.39, 0.29) is 11.4 Å². The van der Waals surface area contributed by atoms with Crippen molar-refractivity contribution in [3.8, 4) is 11.6 Å². The predicted molar refractivity (Wildman–Crippen MR) is 104 cm³/mol. The van der Waals surface area contributed by atoms with E-state index in [1.54, 1.807) is 48.3 Å². The van der Waals surface area contributed by atoms with Gasteiger partial charge >= 0.3 is 0 Å². The second-order valence-electron chi connectivity index (χ2n) is 6.61. The van der Waals surface area contributed by atoms with E-state index in [2.05, 4.69) is 4.98 Å². The largest absolute Gasteiger partial charge is 0.439 e. The number of hydrogen-bond acceptors (Lipinski definition) is 6. The number of amides is 1. The van der Waals surface area contributed by atoms with Crippen molar-refractivity contribution in [2.75, 3.05) is 12.3 Å². The molecular weight excluding hydrogens is 386 g/mol. The minimum Gasteiger partial charge on any atom is -0.439 e. The zero-order valence-electron chi connectivity index (χ0n) is 15.0. The molecule has 1 amide bonds. The van der Waals surface area contributed by atoms with Gasteiger partial charge in [-0.15, -0.1) is 0 Å². The Bertz CT molecular complexity index is 915. The van der Waals surface area contributed by atoms with Gasteiger partial charge in [0.1, 0.15) is 11.8 Å². The summed E-state index contributed by atoms with van der Waals surface area (Å²) in [4.78, 5) is 16.1. The summed E-state index contributed by atoms with van der Waals surface area (Å²) in [6.07, 6.45) is 1.61. The summed E-state index contributed by atoms with van der Waals surface area (Å²) in [5.41, 5.74) is 5.53. The van der Waals surface area contributed by atoms with Gasteiger partial charge in [0, 0.05) is 29.3 Å². The van der Waals surface area contributed by atoms with Crippen LogP contribution in [0.5, 0.6) is 11.6 Å². The van der Waals surface area contributed by atoms with Gasteiger partial charge in [-0.3, -0.25) is 4.79 Å². The van der Waals surface area contributed by atoms with Gasteiger partial charge in [-0.1, -0.05) is 6.07 Å². The van der Waals surface area contributed by atoms with E-state index in [0.29, 0.717) is 17.4 Å². The number of aromatic nitrogens is 1. The zero-order chi connectivity index (χ0) is 19.7. The molecule has 1 fully saturated rings. The quantitative estimate of drug-likeness (QED) is 0.815. The van der Waals surface area contributed by atoms with Gasteiger partial charge in [0.2, 0.25) is 21.8 Å². The highest BCUT2D eigenvalue weighted by atomic mass is 32.2. The number of primary amides is 1. The lowest BCUT2D eigenvalue weighted by Gasteiger charge is -2.43. The van der Waals surface area contributed by atoms with E-state index in [1.807, 2.05) is 13.8 Å². The molecular formula is C18H21N3O4S2. The Balaban J connectivity index is 1.87. The number of nitrogens with zero attached hydrogens (tertiary/aromatic N) is 2. The van der Waals surface area contributed by atoms with Crippen molar-refractivity contribution in [2.24, 2.45) is 5.73 Å². The summed E-state index contributed by atoms with van der Waals surface area (Å²) in [5.74, 6) is 0.827. The first kappa shape index (κ1) is 19.7. The van der Waals surface area contributed by atoms with Crippen molar-refractivity contribution in [1.29, 1.82) is 0 Å². The summed E-state index contributed by atoms with van der Waals surface area (Å²) in [5, 5.41) is 0. The molecule has 0 unspecified atom stereocenters. The number of thioether (sulfide) groups is 1. The number of hydrogen-bond donors (Lipinski definition) is 1. The van der Waals surface area contributed by atoms with Crippen LogP contribution in [0.15, 0.2) is 53.6 Å². The molecule has 0 radical (unpaired) electrons. The summed E-state index contributed by atoms with van der Waals surface area (Å²) in [7, 11) is -3.87. The first-order valence-corrected chi connectivity index (χ1v) is 10.8. The number of pyridine rings is 1. The van der Waals surface area contributed by atoms with Gasteiger partial charge in [0.15, 0.2) is 0 Å². The Hall–Kier alpha value is -2.10. The molecule has 1 aromatic heterocycles. The Kier molecular flexibility index (Phi) is 5.45. The SMILES string of the molecule is CC1(C)SCCN(S(=O)(=O)c2ccc(Oc3ccccn3)cc2)[C@H]1C(N)=O. The maximum atomic E-state index is 13.1. The van der Waals surface area contributed by atoms with Gasteiger partial charge in [0.05, 0.1) is 4.90 Å². The monoisotopic (exact) mass is 407 g/mol. The second kappa shape index (κ2) is 7.49. The maximum absolute atomic E-state index is 13.1. The van der Waals surface area contributed by atoms with E-state index < -0.39 is 26.7 Å². The zero-order valence-corrected chi connectivity index (χ0v) is 16.7. The van der Waals surface area contributed by atoms with Gasteiger partial charge in [-0.25, -0.2) is 13.4 Å². The lowest BCUT2D eigenvalue weighted by molar-refractivity contribution is -0.122. The fourth-order valence-electron chi connectivity index (χ4n) is 3.04. The third-order valence-corrected chi connectivity index (χ3v) is 7.52. The molecule has 0 saturated carbocycles. The lowest BCUT2D eigenvalue weighted by Crippen LogP contribution is -2.60. The molecule has 3 rings (SSSR count). The summed E-state index contributed by atoms with van der Waals surface area (Å²) in [6, 6.07) is 10.4. The van der Waals surface area contributed by atoms with Crippen molar-refractivity contribution in [1.82, 2.24) is 9.29 Å². The Labute approximate surface area is 163 Å². The van der Waals surface area contributed by atoms with Crippen LogP contribution in [0.4, 0.5) is 0 Å². The van der Waals surface area contributed by atoms with Crippen LogP contribution in [0.3, 0.4) is 0 Å². The van der Waals surface area contributed by atoms with Crippen LogP contribution in [0.2, 0.25) is 0 Å². The third-order valence-electron chi connectivity index (χ3n) is 4.29. The van der Waals surface area contributed by atoms with Crippen molar-refractivity contribution in [2.45, 2.75) is 29.5 Å². The molecule has 0 aliphatic carbocycles. The van der Waals surface area contributed by atoms with Crippen molar-refractivity contribution in [3.05, 3.63) is 48.7 Å². The van der Waals surface area contributed by atoms with Gasteiger partial charge in [0.25, 0.3) is 0 Å². The number of nitrogens with two attached hydrogens (primary N) is 1. The normalized spacial score (nSPS) is 20.1. The number of sulfonamides is 1. The molecule has 2 aromatic rings. The van der Waals surface area contributed by atoms with E-state index in [1.165, 1.54) is 16.4 Å².